The average molecular weight is 620 g/mol. The average Bonchev–Trinajstić information content (AvgIpc) is 3.09. The van der Waals surface area contributed by atoms with Crippen LogP contribution < -0.4 is 15.5 Å². The van der Waals surface area contributed by atoms with Gasteiger partial charge in [0.05, 0.1) is 6.61 Å². The predicted molar refractivity (Wildman–Crippen MR) is 187 cm³/mol. The standard InChI is InChI=1S/C39H45N3O4/c1-4-6-7-8-14-26-40-39(45)42(3)32-19-15-18-31(28-32)33-24-22-29(23-25-37(43)46-5-2)27-36(33)41-35-21-13-12-20-34(35)38(44)30-16-10-9-11-17-30/h9-13,15-22,24,27-28,41H,4-8,14,23,25-26H2,1-3H3,(H,40,45). The number of benzene rings is 4. The number of hydrogen-bond acceptors (Lipinski definition) is 5. The third-order valence-electron chi connectivity index (χ3n) is 7.89. The molecule has 240 valence electrons. The normalized spacial score (nSPS) is 10.7. The van der Waals surface area contributed by atoms with Crippen LogP contribution in [0.4, 0.5) is 21.9 Å². The molecule has 0 bridgehead atoms. The Bertz CT molecular complexity index is 1600. The molecule has 0 aliphatic carbocycles. The molecule has 4 rings (SSSR count). The van der Waals surface area contributed by atoms with Gasteiger partial charge in [0.2, 0.25) is 0 Å². The first-order valence-corrected chi connectivity index (χ1v) is 16.3. The summed E-state index contributed by atoms with van der Waals surface area (Å²) < 4.78 is 5.14. The van der Waals surface area contributed by atoms with E-state index in [4.69, 9.17) is 4.74 Å². The number of ketones is 1. The van der Waals surface area contributed by atoms with E-state index >= 15 is 0 Å². The number of aryl methyl sites for hydroxylation is 1. The zero-order chi connectivity index (χ0) is 32.7. The number of carbonyl (C=O) groups excluding carboxylic acids is 3. The summed E-state index contributed by atoms with van der Waals surface area (Å²) in [5.74, 6) is -0.321. The molecule has 0 radical (unpaired) electrons. The lowest BCUT2D eigenvalue weighted by Crippen LogP contribution is -2.37. The summed E-state index contributed by atoms with van der Waals surface area (Å²) in [7, 11) is 1.77. The van der Waals surface area contributed by atoms with E-state index in [1.54, 1.807) is 18.9 Å². The summed E-state index contributed by atoms with van der Waals surface area (Å²) in [5, 5.41) is 6.57. The number of urea groups is 1. The Balaban J connectivity index is 1.62. The first-order valence-electron chi connectivity index (χ1n) is 16.3. The van der Waals surface area contributed by atoms with Crippen molar-refractivity contribution in [3.63, 3.8) is 0 Å². The number of amides is 2. The van der Waals surface area contributed by atoms with Gasteiger partial charge in [-0.25, -0.2) is 4.79 Å². The van der Waals surface area contributed by atoms with Gasteiger partial charge in [-0.1, -0.05) is 99.3 Å². The Morgan fingerprint density at radius 3 is 2.30 bits per heavy atom. The molecule has 2 amide bonds. The number of anilines is 3. The first-order chi connectivity index (χ1) is 22.4. The number of nitrogens with one attached hydrogen (secondary N) is 2. The van der Waals surface area contributed by atoms with Gasteiger partial charge >= 0.3 is 12.0 Å². The van der Waals surface area contributed by atoms with E-state index in [-0.39, 0.29) is 24.2 Å². The highest BCUT2D eigenvalue weighted by Gasteiger charge is 2.17. The van der Waals surface area contributed by atoms with Gasteiger partial charge in [0.15, 0.2) is 5.78 Å². The number of carbonyl (C=O) groups is 3. The Morgan fingerprint density at radius 1 is 0.761 bits per heavy atom. The third-order valence-corrected chi connectivity index (χ3v) is 7.89. The summed E-state index contributed by atoms with van der Waals surface area (Å²) >= 11 is 0. The smallest absolute Gasteiger partial charge is 0.321 e. The zero-order valence-electron chi connectivity index (χ0n) is 27.2. The van der Waals surface area contributed by atoms with Crippen molar-refractivity contribution in [1.29, 1.82) is 0 Å². The molecule has 4 aromatic carbocycles. The second-order valence-electron chi connectivity index (χ2n) is 11.3. The summed E-state index contributed by atoms with van der Waals surface area (Å²) in [6.45, 7) is 4.98. The summed E-state index contributed by atoms with van der Waals surface area (Å²) in [6, 6.07) is 30.4. The number of rotatable bonds is 16. The van der Waals surface area contributed by atoms with Crippen LogP contribution in [0.3, 0.4) is 0 Å². The van der Waals surface area contributed by atoms with E-state index in [0.29, 0.717) is 36.4 Å². The largest absolute Gasteiger partial charge is 0.466 e. The molecule has 0 saturated carbocycles. The van der Waals surface area contributed by atoms with Crippen molar-refractivity contribution in [2.24, 2.45) is 0 Å². The van der Waals surface area contributed by atoms with E-state index in [1.807, 2.05) is 97.1 Å². The van der Waals surface area contributed by atoms with Crippen LogP contribution in [-0.2, 0) is 16.0 Å². The van der Waals surface area contributed by atoms with Crippen molar-refractivity contribution in [2.75, 3.05) is 30.4 Å². The van der Waals surface area contributed by atoms with E-state index in [2.05, 4.69) is 17.6 Å². The monoisotopic (exact) mass is 619 g/mol. The maximum atomic E-state index is 13.5. The molecular formula is C39H45N3O4. The number of unbranched alkanes of at least 4 members (excludes halogenated alkanes) is 4. The van der Waals surface area contributed by atoms with Crippen LogP contribution in [-0.4, -0.2) is 38.0 Å². The van der Waals surface area contributed by atoms with Gasteiger partial charge in [-0.3, -0.25) is 14.5 Å². The van der Waals surface area contributed by atoms with Crippen LogP contribution in [0.15, 0.2) is 97.1 Å². The fourth-order valence-corrected chi connectivity index (χ4v) is 5.30. The Kier molecular flexibility index (Phi) is 13.0. The van der Waals surface area contributed by atoms with Crippen LogP contribution in [0.2, 0.25) is 0 Å². The van der Waals surface area contributed by atoms with Crippen LogP contribution in [0, 0.1) is 0 Å². The highest BCUT2D eigenvalue weighted by Crippen LogP contribution is 2.35. The minimum Gasteiger partial charge on any atom is -0.466 e. The van der Waals surface area contributed by atoms with Crippen LogP contribution in [0.1, 0.15) is 73.9 Å². The number of hydrogen-bond donors (Lipinski definition) is 2. The molecule has 0 unspecified atom stereocenters. The van der Waals surface area contributed by atoms with Crippen molar-refractivity contribution >= 4 is 34.8 Å². The van der Waals surface area contributed by atoms with Crippen molar-refractivity contribution in [1.82, 2.24) is 5.32 Å². The Morgan fingerprint density at radius 2 is 1.52 bits per heavy atom. The molecule has 7 heteroatoms. The second-order valence-corrected chi connectivity index (χ2v) is 11.3. The lowest BCUT2D eigenvalue weighted by molar-refractivity contribution is -0.143. The first kappa shape index (κ1) is 34.0. The third kappa shape index (κ3) is 9.54. The number of esters is 1. The van der Waals surface area contributed by atoms with E-state index in [9.17, 15) is 14.4 Å². The van der Waals surface area contributed by atoms with E-state index in [1.165, 1.54) is 19.3 Å². The quantitative estimate of drug-likeness (QED) is 0.0743. The van der Waals surface area contributed by atoms with E-state index < -0.39 is 0 Å². The van der Waals surface area contributed by atoms with Gasteiger partial charge in [0, 0.05) is 53.8 Å². The fourth-order valence-electron chi connectivity index (χ4n) is 5.30. The maximum Gasteiger partial charge on any atom is 0.321 e. The van der Waals surface area contributed by atoms with Crippen molar-refractivity contribution in [3.8, 4) is 11.1 Å². The van der Waals surface area contributed by atoms with Crippen molar-refractivity contribution < 1.29 is 19.1 Å². The summed E-state index contributed by atoms with van der Waals surface area (Å²) in [4.78, 5) is 40.2. The van der Waals surface area contributed by atoms with Gasteiger partial charge in [-0.05, 0) is 61.2 Å². The molecule has 46 heavy (non-hydrogen) atoms. The summed E-state index contributed by atoms with van der Waals surface area (Å²) in [5.41, 5.74) is 6.14. The topological polar surface area (TPSA) is 87.7 Å². The molecule has 0 saturated heterocycles. The highest BCUT2D eigenvalue weighted by atomic mass is 16.5. The highest BCUT2D eigenvalue weighted by molar-refractivity contribution is 6.12. The second kappa shape index (κ2) is 17.5. The van der Waals surface area contributed by atoms with E-state index in [0.717, 1.165) is 40.9 Å². The maximum absolute atomic E-state index is 13.5. The molecule has 2 N–H and O–H groups in total. The molecule has 0 heterocycles. The van der Waals surface area contributed by atoms with Crippen molar-refractivity contribution in [2.45, 2.75) is 58.8 Å². The van der Waals surface area contributed by atoms with Crippen LogP contribution in [0.25, 0.3) is 11.1 Å². The molecule has 4 aromatic rings. The van der Waals surface area contributed by atoms with Gasteiger partial charge in [0.1, 0.15) is 0 Å². The number of ether oxygens (including phenoxy) is 1. The van der Waals surface area contributed by atoms with Gasteiger partial charge < -0.3 is 15.4 Å². The van der Waals surface area contributed by atoms with Crippen LogP contribution >= 0.6 is 0 Å². The number of nitrogens with zero attached hydrogens (tertiary/aromatic N) is 1. The molecule has 0 aliphatic heterocycles. The molecule has 0 spiro atoms. The predicted octanol–water partition coefficient (Wildman–Crippen LogP) is 8.94. The molecule has 7 nitrogen and oxygen atoms in total. The molecular weight excluding hydrogens is 574 g/mol. The summed E-state index contributed by atoms with van der Waals surface area (Å²) in [6.07, 6.45) is 6.46. The van der Waals surface area contributed by atoms with Gasteiger partial charge in [-0.2, -0.15) is 0 Å². The lowest BCUT2D eigenvalue weighted by atomic mass is 9.97. The Hall–Kier alpha value is -4.91. The minimum absolute atomic E-state index is 0.0799. The fraction of sp³-hybridized carbons (Fsp3) is 0.308. The van der Waals surface area contributed by atoms with Crippen LogP contribution in [0.5, 0.6) is 0 Å². The molecule has 0 fully saturated rings. The SMILES string of the molecule is CCCCCCCNC(=O)N(C)c1cccc(-c2ccc(CCC(=O)OCC)cc2Nc2ccccc2C(=O)c2ccccc2)c1. The Labute approximate surface area is 273 Å². The zero-order valence-corrected chi connectivity index (χ0v) is 27.2. The minimum atomic E-state index is -0.241. The molecule has 0 atom stereocenters. The lowest BCUT2D eigenvalue weighted by Gasteiger charge is -2.20. The number of para-hydroxylation sites is 1. The molecule has 0 aromatic heterocycles. The van der Waals surface area contributed by atoms with Gasteiger partial charge in [0.25, 0.3) is 0 Å². The molecule has 0 aliphatic rings. The van der Waals surface area contributed by atoms with Gasteiger partial charge in [-0.15, -0.1) is 0 Å². The van der Waals surface area contributed by atoms with Crippen molar-refractivity contribution in [3.05, 3.63) is 114 Å².